The number of aromatic nitrogens is 16. The number of hydrogen-bond acceptors (Lipinski definition) is 20. The summed E-state index contributed by atoms with van der Waals surface area (Å²) in [5, 5.41) is 10.5. The van der Waals surface area contributed by atoms with Crippen LogP contribution in [0.15, 0.2) is 429 Å². The second kappa shape index (κ2) is 46.6. The SMILES string of the molecule is COc1cccc2ccc(CCc3ccc4ccc5cccnc5c4n3)nc12.O=c1[nH]c(/C=C/c2ccc(-c3ccccc3)s2)nc2ccccc12.O=c1[nH]c(C=Cc2ccc(-c3ccccc3)s2)nc2ccccc12.O=c1[nH]c(CCc2cc(-c3ccccc3)no2)nc2ccccc12.O=c1[nH]c(CCc2ccc(-c3ccccc3)s2)nc2ccccc12.O=c1[nH]c(CCn2cnc(-c3ccccc3)c2)nc2ccccc12. The highest BCUT2D eigenvalue weighted by atomic mass is 32.1. The zero-order valence-electron chi connectivity index (χ0n) is 80.1. The minimum atomic E-state index is -0.114. The van der Waals surface area contributed by atoms with Gasteiger partial charge in [0.25, 0.3) is 27.8 Å². The van der Waals surface area contributed by atoms with Crippen molar-refractivity contribution in [3.05, 3.63) is 514 Å². The van der Waals surface area contributed by atoms with Crippen LogP contribution in [-0.2, 0) is 51.5 Å². The van der Waals surface area contributed by atoms with Crippen molar-refractivity contribution < 1.29 is 9.26 Å². The first-order valence-corrected chi connectivity index (χ1v) is 50.6. The van der Waals surface area contributed by atoms with E-state index in [-0.39, 0.29) is 27.8 Å². The van der Waals surface area contributed by atoms with Crippen molar-refractivity contribution in [1.82, 2.24) is 79.5 Å². The van der Waals surface area contributed by atoms with E-state index in [1.165, 1.54) is 36.2 Å². The summed E-state index contributed by atoms with van der Waals surface area (Å²) < 4.78 is 12.9. The summed E-state index contributed by atoms with van der Waals surface area (Å²) in [6.07, 6.45) is 18.4. The van der Waals surface area contributed by atoms with Gasteiger partial charge >= 0.3 is 0 Å². The minimum absolute atomic E-state index is 0.0632. The highest BCUT2D eigenvalue weighted by Crippen LogP contribution is 2.34. The average Bonchev–Trinajstić information content (AvgIpc) is 1.03. The average molecular weight is 1990 g/mol. The van der Waals surface area contributed by atoms with Gasteiger partial charge in [0, 0.05) is 119 Å². The lowest BCUT2D eigenvalue weighted by Gasteiger charge is -2.08. The van der Waals surface area contributed by atoms with Crippen molar-refractivity contribution in [2.24, 2.45) is 0 Å². The van der Waals surface area contributed by atoms with Gasteiger partial charge < -0.3 is 38.7 Å². The van der Waals surface area contributed by atoms with Crippen molar-refractivity contribution in [3.8, 4) is 59.6 Å². The van der Waals surface area contributed by atoms with Gasteiger partial charge in [-0.3, -0.25) is 33.9 Å². The third-order valence-electron chi connectivity index (χ3n) is 24.4. The number of aromatic amines is 5. The quantitative estimate of drug-likeness (QED) is 0.0394. The Morgan fingerprint density at radius 2 is 0.703 bits per heavy atom. The molecule has 25 rings (SSSR count). The molecule has 0 amide bonds. The molecule has 0 bridgehead atoms. The fourth-order valence-corrected chi connectivity index (χ4v) is 19.7. The molecule has 0 spiro atoms. The number of pyridine rings is 3. The topological polar surface area (TPSA) is 320 Å². The summed E-state index contributed by atoms with van der Waals surface area (Å²) in [6.45, 7) is 0.709. The van der Waals surface area contributed by atoms with E-state index in [2.05, 4.69) is 198 Å². The third kappa shape index (κ3) is 24.3. The Morgan fingerprint density at radius 3 is 1.19 bits per heavy atom. The van der Waals surface area contributed by atoms with Gasteiger partial charge in [-0.2, -0.15) is 0 Å². The fraction of sp³-hybridized carbons (Fsp3) is 0.0738. The van der Waals surface area contributed by atoms with Gasteiger partial charge in [0.2, 0.25) is 0 Å². The molecule has 0 saturated heterocycles. The maximum Gasteiger partial charge on any atom is 0.259 e. The highest BCUT2D eigenvalue weighted by molar-refractivity contribution is 7.17. The van der Waals surface area contributed by atoms with Gasteiger partial charge in [-0.15, -0.1) is 34.0 Å². The van der Waals surface area contributed by atoms with E-state index in [0.717, 1.165) is 130 Å². The number of benzene rings is 12. The van der Waals surface area contributed by atoms with Crippen LogP contribution in [-0.4, -0.2) is 86.6 Å². The molecule has 12 aromatic carbocycles. The van der Waals surface area contributed by atoms with Gasteiger partial charge in [-0.25, -0.2) is 34.9 Å². The number of methoxy groups -OCH3 is 1. The maximum absolute atomic E-state index is 12.1. The molecule has 0 radical (unpaired) electrons. The van der Waals surface area contributed by atoms with Gasteiger partial charge in [0.05, 0.1) is 84.7 Å². The van der Waals surface area contributed by atoms with E-state index in [0.29, 0.717) is 92.6 Å². The van der Waals surface area contributed by atoms with Gasteiger partial charge in [0.1, 0.15) is 51.8 Å². The second-order valence-corrected chi connectivity index (χ2v) is 37.9. The van der Waals surface area contributed by atoms with Crippen LogP contribution in [0.4, 0.5) is 0 Å². The Kier molecular flexibility index (Phi) is 30.5. The number of aryl methyl sites for hydroxylation is 8. The zero-order chi connectivity index (χ0) is 101. The normalized spacial score (nSPS) is 11.2. The lowest BCUT2D eigenvalue weighted by atomic mass is 10.1. The van der Waals surface area contributed by atoms with Gasteiger partial charge in [-0.05, 0) is 182 Å². The number of rotatable bonds is 22. The minimum Gasteiger partial charge on any atom is -0.494 e. The number of imidazole rings is 1. The second-order valence-electron chi connectivity index (χ2n) is 34.5. The summed E-state index contributed by atoms with van der Waals surface area (Å²) in [6, 6.07) is 125. The summed E-state index contributed by atoms with van der Waals surface area (Å²) in [5.74, 6) is 4.78. The molecule has 0 aliphatic carbocycles. The van der Waals surface area contributed by atoms with Crippen LogP contribution in [0.1, 0.15) is 60.9 Å². The molecule has 0 fully saturated rings. The van der Waals surface area contributed by atoms with Crippen molar-refractivity contribution >= 4 is 146 Å². The Hall–Kier alpha value is -18.6. The number of nitrogens with zero attached hydrogens (tertiary/aromatic N) is 11. The number of H-pyrrole nitrogens is 5. The van der Waals surface area contributed by atoms with Crippen molar-refractivity contribution in [2.75, 3.05) is 7.11 Å². The van der Waals surface area contributed by atoms with Gasteiger partial charge in [0.15, 0.2) is 0 Å². The standard InChI is InChI=1S/C24H19N3O.C20H16N2OS.2C20H14N2OS.C19H16N4O.C19H15N3O2/c1-28-21-6-2-4-16-9-11-19(26-22(16)21)13-14-20-12-10-18-8-7-17-5-3-15-25-23(17)24(18)27-20;3*23-20-16-8-4-5-9-17(16)21-19(22-20)13-11-15-10-12-18(24-15)14-6-2-1-3-7-14;24-19-15-8-4-5-9-16(15)21-18(22-19)10-11-23-12-17(20-13-23)14-6-2-1-3-7-14;23-19-15-8-4-5-9-16(15)20-18(21-19)11-10-14-12-17(22-24-14)13-6-2-1-3-7-13/h2-12,15H,13-14H2,1H3;1-10,12H,11,13H2,(H,21,22,23);2*1-13H,(H,21,22,23);1-9,12-13H,10-11H2,(H,21,22,24);1-9,12H,10-11H2,(H,20,21,23)/b;;13-11+;;;. The van der Waals surface area contributed by atoms with Crippen LogP contribution >= 0.6 is 34.0 Å². The summed E-state index contributed by atoms with van der Waals surface area (Å²) in [5.41, 5.74) is 15.5. The molecule has 23 nitrogen and oxygen atoms in total. The maximum atomic E-state index is 12.1. The molecule has 13 aromatic heterocycles. The molecular weight excluding hydrogens is 1900 g/mol. The third-order valence-corrected chi connectivity index (χ3v) is 27.8. The molecule has 0 unspecified atom stereocenters. The van der Waals surface area contributed by atoms with Gasteiger partial charge in [-0.1, -0.05) is 260 Å². The monoisotopic (exact) mass is 1990 g/mol. The lowest BCUT2D eigenvalue weighted by Crippen LogP contribution is -2.13. The van der Waals surface area contributed by atoms with E-state index in [1.54, 1.807) is 71.5 Å². The summed E-state index contributed by atoms with van der Waals surface area (Å²) in [4.78, 5) is 123. The summed E-state index contributed by atoms with van der Waals surface area (Å²) in [7, 11) is 1.68. The smallest absolute Gasteiger partial charge is 0.259 e. The number of nitrogens with one attached hydrogen (secondary N) is 5. The van der Waals surface area contributed by atoms with Crippen molar-refractivity contribution in [2.45, 2.75) is 51.5 Å². The first-order valence-electron chi connectivity index (χ1n) is 48.2. The van der Waals surface area contributed by atoms with Crippen molar-refractivity contribution in [1.29, 1.82) is 0 Å². The van der Waals surface area contributed by atoms with E-state index < -0.39 is 0 Å². The number of hydrogen-bond donors (Lipinski definition) is 5. The Labute approximate surface area is 859 Å². The number of fused-ring (bicyclic) bond motifs is 9. The van der Waals surface area contributed by atoms with Crippen LogP contribution < -0.4 is 32.5 Å². The number of para-hydroxylation sites is 6. The molecule has 0 aliphatic rings. The van der Waals surface area contributed by atoms with Crippen LogP contribution in [0.3, 0.4) is 0 Å². The number of ether oxygens (including phenoxy) is 1. The van der Waals surface area contributed by atoms with E-state index in [1.807, 2.05) is 266 Å². The fourth-order valence-electron chi connectivity index (χ4n) is 16.9. The molecule has 0 saturated carbocycles. The largest absolute Gasteiger partial charge is 0.494 e. The molecule has 26 heteroatoms. The molecule has 5 N–H and O–H groups in total. The molecule has 148 heavy (non-hydrogen) atoms. The van der Waals surface area contributed by atoms with E-state index in [9.17, 15) is 24.0 Å². The van der Waals surface area contributed by atoms with E-state index in [4.69, 9.17) is 19.2 Å². The molecule has 0 aliphatic heterocycles. The predicted octanol–water partition coefficient (Wildman–Crippen LogP) is 25.6. The Balaban J connectivity index is 0.000000108. The van der Waals surface area contributed by atoms with Crippen molar-refractivity contribution in [3.63, 3.8) is 0 Å². The first kappa shape index (κ1) is 96.8. The summed E-state index contributed by atoms with van der Waals surface area (Å²) >= 11 is 5.21. The molecule has 0 atom stereocenters. The van der Waals surface area contributed by atoms with Crippen LogP contribution in [0.5, 0.6) is 5.75 Å². The molecule has 25 aromatic rings. The van der Waals surface area contributed by atoms with Crippen LogP contribution in [0.2, 0.25) is 0 Å². The first-order chi connectivity index (χ1) is 72.8. The molecular formula is C122H94N16O7S3. The predicted molar refractivity (Wildman–Crippen MR) is 600 cm³/mol. The Morgan fingerprint density at radius 1 is 0.311 bits per heavy atom. The molecule has 722 valence electrons. The molecule has 13 heterocycles. The number of thiophene rings is 3. The van der Waals surface area contributed by atoms with Crippen LogP contribution in [0.25, 0.3) is 165 Å². The Bertz CT molecular complexity index is 8760. The highest BCUT2D eigenvalue weighted by Gasteiger charge is 2.16. The van der Waals surface area contributed by atoms with E-state index >= 15 is 0 Å². The van der Waals surface area contributed by atoms with Crippen LogP contribution in [0, 0.1) is 0 Å². The zero-order valence-corrected chi connectivity index (χ0v) is 82.5. The lowest BCUT2D eigenvalue weighted by molar-refractivity contribution is 0.384.